The third-order valence-corrected chi connectivity index (χ3v) is 3.84. The summed E-state index contributed by atoms with van der Waals surface area (Å²) in [6.07, 6.45) is -1.05. The van der Waals surface area contributed by atoms with Gasteiger partial charge in [0.2, 0.25) is 0 Å². The highest BCUT2D eigenvalue weighted by Gasteiger charge is 2.18. The van der Waals surface area contributed by atoms with Gasteiger partial charge in [0.05, 0.1) is 0 Å². The topological polar surface area (TPSA) is 81.7 Å². The average molecular weight is 410 g/mol. The van der Waals surface area contributed by atoms with Crippen LogP contribution in [0.4, 0.5) is 5.69 Å². The number of ketones is 1. The Morgan fingerprint density at radius 1 is 1.07 bits per heavy atom. The number of amides is 1. The molecule has 0 radical (unpaired) electrons. The molecule has 0 fully saturated rings. The van der Waals surface area contributed by atoms with Crippen molar-refractivity contribution in [3.05, 3.63) is 58.1 Å². The highest BCUT2D eigenvalue weighted by Crippen LogP contribution is 2.22. The Labute approximate surface area is 166 Å². The predicted octanol–water partition coefficient (Wildman–Crippen LogP) is 4.15. The van der Waals surface area contributed by atoms with E-state index in [1.165, 1.54) is 38.1 Å². The van der Waals surface area contributed by atoms with Crippen LogP contribution in [-0.4, -0.2) is 30.4 Å². The molecule has 142 valence electrons. The summed E-state index contributed by atoms with van der Waals surface area (Å²) in [5.74, 6) is -1.03. The number of hydrogen-bond acceptors (Lipinski definition) is 5. The summed E-state index contributed by atoms with van der Waals surface area (Å²) in [6, 6.07) is 11.0. The Morgan fingerprint density at radius 3 is 2.37 bits per heavy atom. The number of halogens is 2. The number of hydrogen-bond donors (Lipinski definition) is 1. The molecule has 8 heteroatoms. The van der Waals surface area contributed by atoms with Crippen LogP contribution in [0.15, 0.2) is 42.5 Å². The number of benzene rings is 2. The van der Waals surface area contributed by atoms with E-state index in [1.54, 1.807) is 18.2 Å². The second-order valence-electron chi connectivity index (χ2n) is 5.65. The van der Waals surface area contributed by atoms with Gasteiger partial charge in [0.15, 0.2) is 18.5 Å². The van der Waals surface area contributed by atoms with E-state index in [2.05, 4.69) is 5.32 Å². The SMILES string of the molecule is CC(=O)c1cccc(OCC(=O)O[C@@H](C)C(=O)Nc2cc(Cl)cc(Cl)c2)c1. The summed E-state index contributed by atoms with van der Waals surface area (Å²) in [6.45, 7) is 2.46. The zero-order chi connectivity index (χ0) is 20.0. The van der Waals surface area contributed by atoms with Gasteiger partial charge in [0.1, 0.15) is 5.75 Å². The van der Waals surface area contributed by atoms with Crippen LogP contribution in [0.3, 0.4) is 0 Å². The molecule has 2 aromatic rings. The lowest BCUT2D eigenvalue weighted by molar-refractivity contribution is -0.155. The van der Waals surface area contributed by atoms with Crippen molar-refractivity contribution in [3.63, 3.8) is 0 Å². The van der Waals surface area contributed by atoms with Crippen LogP contribution >= 0.6 is 23.2 Å². The number of esters is 1. The fraction of sp³-hybridized carbons (Fsp3) is 0.211. The first-order chi connectivity index (χ1) is 12.7. The van der Waals surface area contributed by atoms with Crippen LogP contribution in [-0.2, 0) is 14.3 Å². The van der Waals surface area contributed by atoms with E-state index in [0.29, 0.717) is 27.0 Å². The van der Waals surface area contributed by atoms with Crippen LogP contribution in [0, 0.1) is 0 Å². The van der Waals surface area contributed by atoms with Gasteiger partial charge >= 0.3 is 5.97 Å². The number of carbonyl (C=O) groups is 3. The van der Waals surface area contributed by atoms with Gasteiger partial charge in [0.25, 0.3) is 5.91 Å². The Hall–Kier alpha value is -2.57. The molecule has 0 aliphatic carbocycles. The minimum atomic E-state index is -1.05. The minimum Gasteiger partial charge on any atom is -0.482 e. The molecule has 0 aromatic heterocycles. The molecule has 0 saturated heterocycles. The number of anilines is 1. The van der Waals surface area contributed by atoms with E-state index in [0.717, 1.165) is 0 Å². The Kier molecular flexibility index (Phi) is 7.21. The van der Waals surface area contributed by atoms with Crippen molar-refractivity contribution in [3.8, 4) is 5.75 Å². The largest absolute Gasteiger partial charge is 0.482 e. The standard InChI is InChI=1S/C19H17Cl2NO5/c1-11(23)13-4-3-5-17(6-13)26-10-18(24)27-12(2)19(25)22-16-8-14(20)7-15(21)9-16/h3-9,12H,10H2,1-2H3,(H,22,25)/t12-/m0/s1. The Morgan fingerprint density at radius 2 is 1.74 bits per heavy atom. The van der Waals surface area contributed by atoms with Crippen molar-refractivity contribution in [1.82, 2.24) is 0 Å². The Bertz CT molecular complexity index is 849. The van der Waals surface area contributed by atoms with Crippen molar-refractivity contribution in [2.75, 3.05) is 11.9 Å². The number of rotatable bonds is 7. The van der Waals surface area contributed by atoms with E-state index >= 15 is 0 Å². The third-order valence-electron chi connectivity index (χ3n) is 3.40. The van der Waals surface area contributed by atoms with Gasteiger partial charge in [-0.15, -0.1) is 0 Å². The lowest BCUT2D eigenvalue weighted by Crippen LogP contribution is -2.31. The zero-order valence-corrected chi connectivity index (χ0v) is 16.1. The monoisotopic (exact) mass is 409 g/mol. The number of ether oxygens (including phenoxy) is 2. The molecule has 0 aliphatic heterocycles. The molecule has 0 bridgehead atoms. The molecular formula is C19H17Cl2NO5. The lowest BCUT2D eigenvalue weighted by Gasteiger charge is -2.14. The van der Waals surface area contributed by atoms with Crippen molar-refractivity contribution in [1.29, 1.82) is 0 Å². The summed E-state index contributed by atoms with van der Waals surface area (Å²) < 4.78 is 10.3. The first-order valence-electron chi connectivity index (χ1n) is 7.95. The summed E-state index contributed by atoms with van der Waals surface area (Å²) in [4.78, 5) is 35.3. The average Bonchev–Trinajstić information content (AvgIpc) is 2.59. The van der Waals surface area contributed by atoms with Crippen LogP contribution in [0.25, 0.3) is 0 Å². The van der Waals surface area contributed by atoms with Gasteiger partial charge in [-0.1, -0.05) is 35.3 Å². The van der Waals surface area contributed by atoms with E-state index in [1.807, 2.05) is 0 Å². The summed E-state index contributed by atoms with van der Waals surface area (Å²) in [5, 5.41) is 3.29. The molecule has 1 amide bonds. The van der Waals surface area contributed by atoms with E-state index in [9.17, 15) is 14.4 Å². The maximum atomic E-state index is 12.1. The number of nitrogens with one attached hydrogen (secondary N) is 1. The normalized spacial score (nSPS) is 11.4. The Balaban J connectivity index is 1.86. The molecule has 2 rings (SSSR count). The second kappa shape index (κ2) is 9.39. The van der Waals surface area contributed by atoms with E-state index in [-0.39, 0.29) is 5.78 Å². The van der Waals surface area contributed by atoms with Crippen LogP contribution in [0.5, 0.6) is 5.75 Å². The van der Waals surface area contributed by atoms with Gasteiger partial charge in [-0.2, -0.15) is 0 Å². The maximum absolute atomic E-state index is 12.1. The molecular weight excluding hydrogens is 393 g/mol. The quantitative estimate of drug-likeness (QED) is 0.548. The molecule has 2 aromatic carbocycles. The van der Waals surface area contributed by atoms with Gasteiger partial charge < -0.3 is 14.8 Å². The van der Waals surface area contributed by atoms with Crippen molar-refractivity contribution in [2.45, 2.75) is 20.0 Å². The number of carbonyl (C=O) groups excluding carboxylic acids is 3. The van der Waals surface area contributed by atoms with Crippen molar-refractivity contribution in [2.24, 2.45) is 0 Å². The first kappa shape index (κ1) is 20.7. The zero-order valence-electron chi connectivity index (χ0n) is 14.6. The molecule has 1 N–H and O–H groups in total. The molecule has 0 spiro atoms. The summed E-state index contributed by atoms with van der Waals surface area (Å²) in [5.41, 5.74) is 0.853. The maximum Gasteiger partial charge on any atom is 0.344 e. The summed E-state index contributed by atoms with van der Waals surface area (Å²) >= 11 is 11.7. The van der Waals surface area contributed by atoms with Crippen molar-refractivity contribution < 1.29 is 23.9 Å². The van der Waals surface area contributed by atoms with Crippen molar-refractivity contribution >= 4 is 46.5 Å². The lowest BCUT2D eigenvalue weighted by atomic mass is 10.1. The smallest absolute Gasteiger partial charge is 0.344 e. The van der Waals surface area contributed by atoms with E-state index in [4.69, 9.17) is 32.7 Å². The highest BCUT2D eigenvalue weighted by molar-refractivity contribution is 6.35. The van der Waals surface area contributed by atoms with Crippen LogP contribution in [0.1, 0.15) is 24.2 Å². The van der Waals surface area contributed by atoms with E-state index < -0.39 is 24.6 Å². The second-order valence-corrected chi connectivity index (χ2v) is 6.53. The predicted molar refractivity (Wildman–Crippen MR) is 103 cm³/mol. The van der Waals surface area contributed by atoms with Gasteiger partial charge in [0, 0.05) is 21.3 Å². The molecule has 1 atom stereocenters. The fourth-order valence-corrected chi connectivity index (χ4v) is 2.63. The molecule has 0 unspecified atom stereocenters. The molecule has 0 aliphatic rings. The van der Waals surface area contributed by atoms with Crippen LogP contribution in [0.2, 0.25) is 10.0 Å². The molecule has 0 saturated carbocycles. The van der Waals surface area contributed by atoms with Gasteiger partial charge in [-0.3, -0.25) is 9.59 Å². The molecule has 0 heterocycles. The first-order valence-corrected chi connectivity index (χ1v) is 8.70. The van der Waals surface area contributed by atoms with Gasteiger partial charge in [-0.05, 0) is 44.2 Å². The number of Topliss-reactive ketones (excluding diaryl/α,β-unsaturated/α-hetero) is 1. The highest BCUT2D eigenvalue weighted by atomic mass is 35.5. The third kappa shape index (κ3) is 6.58. The van der Waals surface area contributed by atoms with Crippen LogP contribution < -0.4 is 10.1 Å². The summed E-state index contributed by atoms with van der Waals surface area (Å²) in [7, 11) is 0. The van der Waals surface area contributed by atoms with Gasteiger partial charge in [-0.25, -0.2) is 4.79 Å². The fourth-order valence-electron chi connectivity index (χ4n) is 2.10. The molecule has 6 nitrogen and oxygen atoms in total. The minimum absolute atomic E-state index is 0.116. The molecule has 27 heavy (non-hydrogen) atoms.